The molecule has 1 atom stereocenters. The molecule has 21 heavy (non-hydrogen) atoms. The van der Waals surface area contributed by atoms with E-state index in [0.29, 0.717) is 15.8 Å². The Kier molecular flexibility index (Phi) is 4.50. The maximum atomic E-state index is 12.3. The largest absolute Gasteiger partial charge is 0.295 e. The maximum absolute atomic E-state index is 12.3. The monoisotopic (exact) mass is 401 g/mol. The van der Waals surface area contributed by atoms with Crippen molar-refractivity contribution in [2.45, 2.75) is 5.37 Å². The molecule has 1 unspecified atom stereocenters. The Morgan fingerprint density at radius 2 is 1.71 bits per heavy atom. The molecular weight excluding hydrogens is 393 g/mol. The molecule has 0 spiro atoms. The summed E-state index contributed by atoms with van der Waals surface area (Å²) in [5.41, 5.74) is 1.81. The molecule has 0 saturated carbocycles. The molecule has 1 aliphatic heterocycles. The molecule has 0 aliphatic carbocycles. The van der Waals surface area contributed by atoms with Crippen molar-refractivity contribution >= 4 is 62.5 Å². The molecule has 1 heterocycles. The zero-order chi connectivity index (χ0) is 15.0. The highest BCUT2D eigenvalue weighted by Gasteiger charge is 2.34. The van der Waals surface area contributed by atoms with Crippen LogP contribution in [0.3, 0.4) is 0 Å². The van der Waals surface area contributed by atoms with Crippen LogP contribution in [0.25, 0.3) is 0 Å². The fourth-order valence-corrected chi connectivity index (χ4v) is 4.21. The smallest absolute Gasteiger partial charge is 0.238 e. The highest BCUT2D eigenvalue weighted by molar-refractivity contribution is 9.10. The molecule has 3 rings (SSSR count). The molecule has 1 fully saturated rings. The number of amides is 1. The van der Waals surface area contributed by atoms with Gasteiger partial charge in [0.25, 0.3) is 0 Å². The number of benzene rings is 2. The van der Waals surface area contributed by atoms with Crippen LogP contribution < -0.4 is 4.90 Å². The van der Waals surface area contributed by atoms with Crippen molar-refractivity contribution in [1.82, 2.24) is 0 Å². The third-order valence-corrected chi connectivity index (χ3v) is 5.33. The average Bonchev–Trinajstić information content (AvgIpc) is 2.80. The van der Waals surface area contributed by atoms with E-state index >= 15 is 0 Å². The van der Waals surface area contributed by atoms with Crippen LogP contribution in [0.5, 0.6) is 0 Å². The predicted molar refractivity (Wildman–Crippen MR) is 93.3 cm³/mol. The SMILES string of the molecule is O=C1CSC(c2ccc(Br)cc2)N1c1cc(Cl)cc(Cl)c1. The summed E-state index contributed by atoms with van der Waals surface area (Å²) in [6, 6.07) is 13.2. The van der Waals surface area contributed by atoms with Gasteiger partial charge in [0.1, 0.15) is 5.37 Å². The van der Waals surface area contributed by atoms with Crippen LogP contribution in [0.1, 0.15) is 10.9 Å². The summed E-state index contributed by atoms with van der Waals surface area (Å²) < 4.78 is 1.01. The summed E-state index contributed by atoms with van der Waals surface area (Å²) in [7, 11) is 0. The molecule has 1 aliphatic rings. The van der Waals surface area contributed by atoms with Crippen LogP contribution in [0.15, 0.2) is 46.9 Å². The summed E-state index contributed by atoms with van der Waals surface area (Å²) in [5, 5.41) is 0.994. The fraction of sp³-hybridized carbons (Fsp3) is 0.133. The first kappa shape index (κ1) is 15.2. The number of anilines is 1. The molecule has 0 radical (unpaired) electrons. The molecule has 1 saturated heterocycles. The minimum absolute atomic E-state index is 0.0554. The lowest BCUT2D eigenvalue weighted by atomic mass is 10.2. The second kappa shape index (κ2) is 6.21. The minimum Gasteiger partial charge on any atom is -0.295 e. The molecule has 0 aromatic heterocycles. The number of rotatable bonds is 2. The van der Waals surface area contributed by atoms with Gasteiger partial charge in [-0.2, -0.15) is 0 Å². The second-order valence-corrected chi connectivity index (χ2v) is 7.46. The van der Waals surface area contributed by atoms with Crippen LogP contribution in [-0.4, -0.2) is 11.7 Å². The van der Waals surface area contributed by atoms with Gasteiger partial charge in [-0.1, -0.05) is 51.3 Å². The number of nitrogens with zero attached hydrogens (tertiary/aromatic N) is 1. The van der Waals surface area contributed by atoms with Crippen molar-refractivity contribution in [2.24, 2.45) is 0 Å². The van der Waals surface area contributed by atoms with Crippen molar-refractivity contribution < 1.29 is 4.79 Å². The molecule has 0 bridgehead atoms. The zero-order valence-electron chi connectivity index (χ0n) is 10.7. The van der Waals surface area contributed by atoms with Gasteiger partial charge >= 0.3 is 0 Å². The van der Waals surface area contributed by atoms with E-state index < -0.39 is 0 Å². The van der Waals surface area contributed by atoms with Crippen LogP contribution in [-0.2, 0) is 4.79 Å². The lowest BCUT2D eigenvalue weighted by Gasteiger charge is -2.24. The standard InChI is InChI=1S/C15H10BrCl2NOS/c16-10-3-1-9(2-4-10)15-19(14(20)8-21-15)13-6-11(17)5-12(18)7-13/h1-7,15H,8H2. The molecule has 2 nitrogen and oxygen atoms in total. The third kappa shape index (κ3) is 3.24. The second-order valence-electron chi connectivity index (χ2n) is 4.61. The van der Waals surface area contributed by atoms with E-state index in [0.717, 1.165) is 15.7 Å². The number of carbonyl (C=O) groups excluding carboxylic acids is 1. The Bertz CT molecular complexity index is 672. The van der Waals surface area contributed by atoms with Gasteiger partial charge in [-0.15, -0.1) is 11.8 Å². The minimum atomic E-state index is -0.0554. The Labute approximate surface area is 145 Å². The maximum Gasteiger partial charge on any atom is 0.238 e. The summed E-state index contributed by atoms with van der Waals surface area (Å²) >= 11 is 17.1. The first-order chi connectivity index (χ1) is 10.0. The van der Waals surface area contributed by atoms with Crippen molar-refractivity contribution in [3.8, 4) is 0 Å². The van der Waals surface area contributed by atoms with Gasteiger partial charge in [-0.25, -0.2) is 0 Å². The Morgan fingerprint density at radius 3 is 2.33 bits per heavy atom. The fourth-order valence-electron chi connectivity index (χ4n) is 2.26. The quantitative estimate of drug-likeness (QED) is 0.657. The first-order valence-corrected chi connectivity index (χ1v) is 8.79. The Hall–Kier alpha value is -0.680. The third-order valence-electron chi connectivity index (χ3n) is 3.15. The predicted octanol–water partition coefficient (Wildman–Crippen LogP) is 5.53. The van der Waals surface area contributed by atoms with E-state index in [4.69, 9.17) is 23.2 Å². The number of hydrogen-bond acceptors (Lipinski definition) is 2. The number of thioether (sulfide) groups is 1. The van der Waals surface area contributed by atoms with Gasteiger partial charge < -0.3 is 0 Å². The Morgan fingerprint density at radius 1 is 1.10 bits per heavy atom. The molecule has 108 valence electrons. The number of carbonyl (C=O) groups is 1. The van der Waals surface area contributed by atoms with Gasteiger partial charge in [-0.05, 0) is 35.9 Å². The van der Waals surface area contributed by atoms with Crippen molar-refractivity contribution in [2.75, 3.05) is 10.7 Å². The van der Waals surface area contributed by atoms with Crippen LogP contribution >= 0.6 is 50.9 Å². The summed E-state index contributed by atoms with van der Waals surface area (Å²) in [5.74, 6) is 0.511. The van der Waals surface area contributed by atoms with E-state index in [2.05, 4.69) is 15.9 Å². The van der Waals surface area contributed by atoms with Crippen molar-refractivity contribution in [1.29, 1.82) is 0 Å². The molecule has 2 aromatic rings. The molecule has 2 aromatic carbocycles. The molecular formula is C15H10BrCl2NOS. The number of halogens is 3. The Balaban J connectivity index is 2.01. The van der Waals surface area contributed by atoms with Gasteiger partial charge in [-0.3, -0.25) is 9.69 Å². The molecule has 6 heteroatoms. The lowest BCUT2D eigenvalue weighted by Crippen LogP contribution is -2.27. The summed E-state index contributed by atoms with van der Waals surface area (Å²) in [6.45, 7) is 0. The average molecular weight is 403 g/mol. The van der Waals surface area contributed by atoms with Gasteiger partial charge in [0.2, 0.25) is 5.91 Å². The highest BCUT2D eigenvalue weighted by atomic mass is 79.9. The number of hydrogen-bond donors (Lipinski definition) is 0. The topological polar surface area (TPSA) is 20.3 Å². The molecule has 0 N–H and O–H groups in total. The molecule has 1 amide bonds. The van der Waals surface area contributed by atoms with Crippen LogP contribution in [0, 0.1) is 0 Å². The van der Waals surface area contributed by atoms with E-state index in [1.54, 1.807) is 34.9 Å². The van der Waals surface area contributed by atoms with Gasteiger partial charge in [0, 0.05) is 20.2 Å². The van der Waals surface area contributed by atoms with Crippen molar-refractivity contribution in [3.63, 3.8) is 0 Å². The van der Waals surface area contributed by atoms with Crippen LogP contribution in [0.2, 0.25) is 10.0 Å². The summed E-state index contributed by atoms with van der Waals surface area (Å²) in [4.78, 5) is 14.0. The first-order valence-electron chi connectivity index (χ1n) is 6.20. The highest BCUT2D eigenvalue weighted by Crippen LogP contribution is 2.43. The van der Waals surface area contributed by atoms with Crippen LogP contribution in [0.4, 0.5) is 5.69 Å². The van der Waals surface area contributed by atoms with Gasteiger partial charge in [0.15, 0.2) is 0 Å². The lowest BCUT2D eigenvalue weighted by molar-refractivity contribution is -0.115. The van der Waals surface area contributed by atoms with E-state index in [1.807, 2.05) is 24.3 Å². The van der Waals surface area contributed by atoms with E-state index in [-0.39, 0.29) is 11.3 Å². The van der Waals surface area contributed by atoms with Crippen molar-refractivity contribution in [3.05, 3.63) is 62.5 Å². The zero-order valence-corrected chi connectivity index (χ0v) is 14.6. The van der Waals surface area contributed by atoms with E-state index in [1.165, 1.54) is 0 Å². The van der Waals surface area contributed by atoms with E-state index in [9.17, 15) is 4.79 Å². The van der Waals surface area contributed by atoms with Gasteiger partial charge in [0.05, 0.1) is 5.75 Å². The summed E-state index contributed by atoms with van der Waals surface area (Å²) in [6.07, 6.45) is 0. The normalized spacial score (nSPS) is 18.3.